The van der Waals surface area contributed by atoms with E-state index in [2.05, 4.69) is 36.5 Å². The predicted octanol–water partition coefficient (Wildman–Crippen LogP) is 3.15. The quantitative estimate of drug-likeness (QED) is 0.880. The summed E-state index contributed by atoms with van der Waals surface area (Å²) in [6.07, 6.45) is 1.98. The van der Waals surface area contributed by atoms with Crippen LogP contribution in [0.4, 0.5) is 0 Å². The number of nitrogens with zero attached hydrogens (tertiary/aromatic N) is 1. The molecule has 1 saturated heterocycles. The van der Waals surface area contributed by atoms with Crippen molar-refractivity contribution in [2.45, 2.75) is 32.4 Å². The lowest BCUT2D eigenvalue weighted by Crippen LogP contribution is -2.47. The molecule has 1 fully saturated rings. The lowest BCUT2D eigenvalue weighted by atomic mass is 10.0. The molecule has 25 heavy (non-hydrogen) atoms. The maximum atomic E-state index is 12.9. The smallest absolute Gasteiger partial charge is 0.261 e. The summed E-state index contributed by atoms with van der Waals surface area (Å²) < 4.78 is 5.69. The lowest BCUT2D eigenvalue weighted by molar-refractivity contribution is -0.137. The fraction of sp³-hybridized carbons (Fsp3) is 0.381. The van der Waals surface area contributed by atoms with Gasteiger partial charge in [0.25, 0.3) is 5.91 Å². The first-order chi connectivity index (χ1) is 12.2. The van der Waals surface area contributed by atoms with Crippen LogP contribution in [0.1, 0.15) is 24.0 Å². The molecule has 132 valence electrons. The number of piperidine rings is 1. The van der Waals surface area contributed by atoms with E-state index in [1.54, 1.807) is 0 Å². The number of carbonyl (C=O) groups excluding carboxylic acids is 1. The topological polar surface area (TPSA) is 41.6 Å². The summed E-state index contributed by atoms with van der Waals surface area (Å²) in [6, 6.07) is 18.2. The first-order valence-corrected chi connectivity index (χ1v) is 8.96. The Morgan fingerprint density at radius 2 is 1.76 bits per heavy atom. The zero-order valence-corrected chi connectivity index (χ0v) is 14.8. The average Bonchev–Trinajstić information content (AvgIpc) is 2.67. The van der Waals surface area contributed by atoms with Crippen LogP contribution in [0, 0.1) is 6.92 Å². The highest BCUT2D eigenvalue weighted by Gasteiger charge is 2.25. The summed E-state index contributed by atoms with van der Waals surface area (Å²) in [5.41, 5.74) is 2.40. The molecule has 4 nitrogen and oxygen atoms in total. The third-order valence-electron chi connectivity index (χ3n) is 4.65. The van der Waals surface area contributed by atoms with Gasteiger partial charge in [-0.1, -0.05) is 48.0 Å². The van der Waals surface area contributed by atoms with E-state index >= 15 is 0 Å². The number of aryl methyl sites for hydroxylation is 1. The highest BCUT2D eigenvalue weighted by Crippen LogP contribution is 2.17. The highest BCUT2D eigenvalue weighted by molar-refractivity contribution is 5.78. The van der Waals surface area contributed by atoms with E-state index in [-0.39, 0.29) is 18.6 Å². The molecule has 0 aliphatic carbocycles. The fourth-order valence-corrected chi connectivity index (χ4v) is 3.17. The second-order valence-electron chi connectivity index (χ2n) is 6.59. The fourth-order valence-electron chi connectivity index (χ4n) is 3.17. The van der Waals surface area contributed by atoms with Crippen LogP contribution in [0.25, 0.3) is 0 Å². The average molecular weight is 338 g/mol. The highest BCUT2D eigenvalue weighted by atomic mass is 16.5. The van der Waals surface area contributed by atoms with Crippen molar-refractivity contribution in [3.8, 4) is 5.75 Å². The first kappa shape index (κ1) is 17.5. The van der Waals surface area contributed by atoms with Crippen LogP contribution in [0.5, 0.6) is 5.75 Å². The van der Waals surface area contributed by atoms with Crippen LogP contribution in [-0.4, -0.2) is 36.5 Å². The van der Waals surface area contributed by atoms with Crippen molar-refractivity contribution in [2.24, 2.45) is 0 Å². The zero-order chi connectivity index (χ0) is 17.5. The first-order valence-electron chi connectivity index (χ1n) is 8.96. The van der Waals surface area contributed by atoms with Gasteiger partial charge in [-0.05, 0) is 50.6 Å². The Kier molecular flexibility index (Phi) is 6.07. The lowest BCUT2D eigenvalue weighted by Gasteiger charge is -2.34. The van der Waals surface area contributed by atoms with Gasteiger partial charge in [0.05, 0.1) is 0 Å². The summed E-state index contributed by atoms with van der Waals surface area (Å²) in [6.45, 7) is 4.72. The molecular formula is C21H26N2O2. The molecule has 4 heteroatoms. The van der Waals surface area contributed by atoms with Crippen molar-refractivity contribution >= 4 is 5.91 Å². The van der Waals surface area contributed by atoms with E-state index in [0.29, 0.717) is 6.54 Å². The van der Waals surface area contributed by atoms with Crippen molar-refractivity contribution in [3.63, 3.8) is 0 Å². The maximum absolute atomic E-state index is 12.9. The van der Waals surface area contributed by atoms with Crippen LogP contribution >= 0.6 is 0 Å². The molecule has 0 unspecified atom stereocenters. The van der Waals surface area contributed by atoms with Crippen molar-refractivity contribution in [2.75, 3.05) is 19.7 Å². The van der Waals surface area contributed by atoms with E-state index in [0.717, 1.165) is 37.2 Å². The Morgan fingerprint density at radius 3 is 2.44 bits per heavy atom. The Bertz CT molecular complexity index is 664. The van der Waals surface area contributed by atoms with Gasteiger partial charge in [-0.2, -0.15) is 0 Å². The third kappa shape index (κ3) is 5.07. The van der Waals surface area contributed by atoms with E-state index in [1.807, 2.05) is 35.2 Å². The molecule has 0 saturated carbocycles. The van der Waals surface area contributed by atoms with Crippen molar-refractivity contribution in [3.05, 3.63) is 65.7 Å². The van der Waals surface area contributed by atoms with Gasteiger partial charge in [-0.3, -0.25) is 4.79 Å². The minimum Gasteiger partial charge on any atom is -0.484 e. The number of carbonyl (C=O) groups is 1. The number of ether oxygens (including phenoxy) is 1. The summed E-state index contributed by atoms with van der Waals surface area (Å²) in [5.74, 6) is 0.785. The Hall–Kier alpha value is -2.33. The van der Waals surface area contributed by atoms with Crippen molar-refractivity contribution in [1.82, 2.24) is 10.2 Å². The summed E-state index contributed by atoms with van der Waals surface area (Å²) in [4.78, 5) is 14.9. The molecule has 0 radical (unpaired) electrons. The molecule has 1 aliphatic rings. The van der Waals surface area contributed by atoms with E-state index in [1.165, 1.54) is 5.56 Å². The van der Waals surface area contributed by atoms with Crippen molar-refractivity contribution < 1.29 is 9.53 Å². The van der Waals surface area contributed by atoms with Gasteiger partial charge in [0, 0.05) is 12.6 Å². The number of rotatable bonds is 6. The number of amides is 1. The van der Waals surface area contributed by atoms with E-state index in [4.69, 9.17) is 4.74 Å². The minimum atomic E-state index is 0.0522. The monoisotopic (exact) mass is 338 g/mol. The van der Waals surface area contributed by atoms with E-state index in [9.17, 15) is 4.79 Å². The van der Waals surface area contributed by atoms with Gasteiger partial charge in [0.15, 0.2) is 6.61 Å². The minimum absolute atomic E-state index is 0.0522. The second-order valence-corrected chi connectivity index (χ2v) is 6.59. The molecule has 1 amide bonds. The molecule has 1 heterocycles. The van der Waals surface area contributed by atoms with Crippen LogP contribution in [0.15, 0.2) is 54.6 Å². The molecule has 0 aromatic heterocycles. The van der Waals surface area contributed by atoms with Gasteiger partial charge >= 0.3 is 0 Å². The number of hydrogen-bond donors (Lipinski definition) is 1. The number of nitrogens with one attached hydrogen (secondary N) is 1. The largest absolute Gasteiger partial charge is 0.484 e. The molecule has 0 spiro atoms. The second kappa shape index (κ2) is 8.67. The van der Waals surface area contributed by atoms with Gasteiger partial charge in [-0.15, -0.1) is 0 Å². The molecule has 1 N–H and O–H groups in total. The number of hydrogen-bond acceptors (Lipinski definition) is 3. The van der Waals surface area contributed by atoms with Crippen LogP contribution in [-0.2, 0) is 11.3 Å². The zero-order valence-electron chi connectivity index (χ0n) is 14.8. The molecule has 3 rings (SSSR count). The van der Waals surface area contributed by atoms with Crippen molar-refractivity contribution in [1.29, 1.82) is 0 Å². The number of para-hydroxylation sites is 1. The molecule has 1 aliphatic heterocycles. The normalized spacial score (nSPS) is 14.9. The van der Waals surface area contributed by atoms with Crippen LogP contribution in [0.2, 0.25) is 0 Å². The Morgan fingerprint density at radius 1 is 1.08 bits per heavy atom. The maximum Gasteiger partial charge on any atom is 0.261 e. The molecule has 0 atom stereocenters. The Balaban J connectivity index is 1.68. The third-order valence-corrected chi connectivity index (χ3v) is 4.65. The van der Waals surface area contributed by atoms with Gasteiger partial charge in [-0.25, -0.2) is 0 Å². The summed E-state index contributed by atoms with van der Waals surface area (Å²) >= 11 is 0. The van der Waals surface area contributed by atoms with Crippen LogP contribution in [0.3, 0.4) is 0 Å². The molecular weight excluding hydrogens is 312 g/mol. The standard InChI is InChI=1S/C21H26N2O2/c1-17-7-9-18(10-8-17)15-23(19-11-13-22-14-12-19)21(24)16-25-20-5-3-2-4-6-20/h2-10,19,22H,11-16H2,1H3. The van der Waals surface area contributed by atoms with E-state index < -0.39 is 0 Å². The SMILES string of the molecule is Cc1ccc(CN(C(=O)COc2ccccc2)C2CCNCC2)cc1. The summed E-state index contributed by atoms with van der Waals surface area (Å²) in [5, 5.41) is 3.37. The molecule has 0 bridgehead atoms. The van der Waals surface area contributed by atoms with Gasteiger partial charge in [0.1, 0.15) is 5.75 Å². The number of benzene rings is 2. The summed E-state index contributed by atoms with van der Waals surface area (Å²) in [7, 11) is 0. The predicted molar refractivity (Wildman–Crippen MR) is 99.6 cm³/mol. The van der Waals surface area contributed by atoms with Gasteiger partial charge < -0.3 is 15.0 Å². The van der Waals surface area contributed by atoms with Gasteiger partial charge in [0.2, 0.25) is 0 Å². The molecule has 2 aromatic carbocycles. The Labute approximate surface area is 149 Å². The molecule has 2 aromatic rings. The van der Waals surface area contributed by atoms with Crippen LogP contribution < -0.4 is 10.1 Å².